The summed E-state index contributed by atoms with van der Waals surface area (Å²) in [5.41, 5.74) is 5.18. The number of amides is 4. The Hall–Kier alpha value is -5.30. The number of H-pyrrole nitrogens is 1. The first-order valence-electron chi connectivity index (χ1n) is 17.9. The molecule has 0 radical (unpaired) electrons. The lowest BCUT2D eigenvalue weighted by molar-refractivity contribution is -0.136. The van der Waals surface area contributed by atoms with Crippen LogP contribution in [0.15, 0.2) is 54.9 Å². The molecule has 13 heteroatoms. The molecule has 4 aliphatic heterocycles. The Kier molecular flexibility index (Phi) is 8.89. The first-order chi connectivity index (χ1) is 24.8. The number of rotatable bonds is 9. The maximum atomic E-state index is 13.3. The number of hydrogen-bond donors (Lipinski definition) is 3. The lowest BCUT2D eigenvalue weighted by Crippen LogP contribution is -2.52. The number of carbonyl (C=O) groups is 4. The molecule has 51 heavy (non-hydrogen) atoms. The summed E-state index contributed by atoms with van der Waals surface area (Å²) in [5, 5.41) is 6.28. The number of hydrogen-bond acceptors (Lipinski definition) is 9. The normalized spacial score (nSPS) is 21.3. The van der Waals surface area contributed by atoms with Gasteiger partial charge in [-0.05, 0) is 82.3 Å². The summed E-state index contributed by atoms with van der Waals surface area (Å²) in [4.78, 5) is 69.0. The van der Waals surface area contributed by atoms with Crippen LogP contribution < -0.4 is 20.3 Å². The van der Waals surface area contributed by atoms with Gasteiger partial charge in [0.05, 0.1) is 17.7 Å². The first-order valence-corrected chi connectivity index (χ1v) is 17.9. The van der Waals surface area contributed by atoms with Crippen molar-refractivity contribution in [1.82, 2.24) is 30.1 Å². The number of ether oxygens (including phenoxy) is 1. The molecule has 13 nitrogen and oxygen atoms in total. The third kappa shape index (κ3) is 6.65. The molecule has 0 bridgehead atoms. The minimum atomic E-state index is -0.621. The fourth-order valence-electron chi connectivity index (χ4n) is 8.05. The van der Waals surface area contributed by atoms with E-state index in [0.29, 0.717) is 54.4 Å². The third-order valence-electron chi connectivity index (χ3n) is 10.9. The Morgan fingerprint density at radius 2 is 1.84 bits per heavy atom. The first kappa shape index (κ1) is 32.9. The molecule has 2 atom stereocenters. The minimum Gasteiger partial charge on any atom is -0.478 e. The van der Waals surface area contributed by atoms with Crippen LogP contribution in [-0.2, 0) is 16.1 Å². The number of nitrogens with zero attached hydrogens (tertiary/aromatic N) is 5. The largest absolute Gasteiger partial charge is 0.478 e. The van der Waals surface area contributed by atoms with Gasteiger partial charge in [-0.25, -0.2) is 9.97 Å². The van der Waals surface area contributed by atoms with Crippen molar-refractivity contribution in [3.05, 3.63) is 77.2 Å². The van der Waals surface area contributed by atoms with E-state index < -0.39 is 11.9 Å². The quantitative estimate of drug-likeness (QED) is 0.217. The van der Waals surface area contributed by atoms with Crippen molar-refractivity contribution in [2.45, 2.75) is 63.6 Å². The Morgan fingerprint density at radius 1 is 0.980 bits per heavy atom. The summed E-state index contributed by atoms with van der Waals surface area (Å²) in [6.45, 7) is 3.72. The molecule has 8 rings (SSSR count). The van der Waals surface area contributed by atoms with E-state index in [9.17, 15) is 19.2 Å². The molecule has 3 N–H and O–H groups in total. The average molecular weight is 691 g/mol. The van der Waals surface area contributed by atoms with Crippen LogP contribution in [-0.4, -0.2) is 87.7 Å². The number of nitrogens with one attached hydrogen (secondary N) is 3. The van der Waals surface area contributed by atoms with E-state index in [2.05, 4.69) is 54.6 Å². The Bertz CT molecular complexity index is 1990. The maximum absolute atomic E-state index is 13.3. The highest BCUT2D eigenvalue weighted by molar-refractivity contribution is 6.06. The number of anilines is 2. The van der Waals surface area contributed by atoms with Crippen LogP contribution in [0.1, 0.15) is 83.0 Å². The Labute approximate surface area is 295 Å². The number of aromatic nitrogens is 3. The van der Waals surface area contributed by atoms with Gasteiger partial charge >= 0.3 is 0 Å². The minimum absolute atomic E-state index is 0.150. The number of piperidine rings is 2. The molecule has 264 valence electrons. The molecule has 3 aromatic heterocycles. The zero-order valence-electron chi connectivity index (χ0n) is 28.7. The molecule has 4 amide bonds. The lowest BCUT2D eigenvalue weighted by atomic mass is 9.93. The van der Waals surface area contributed by atoms with Crippen LogP contribution >= 0.6 is 0 Å². The smallest absolute Gasteiger partial charge is 0.258 e. The van der Waals surface area contributed by atoms with Gasteiger partial charge in [-0.2, -0.15) is 0 Å². The second kappa shape index (κ2) is 13.8. The summed E-state index contributed by atoms with van der Waals surface area (Å²) in [7, 11) is 2.15. The van der Waals surface area contributed by atoms with Gasteiger partial charge in [0.2, 0.25) is 17.7 Å². The predicted molar refractivity (Wildman–Crippen MR) is 190 cm³/mol. The standard InChI is InChI=1S/C38H42N8O5/c1-44-14-3-6-31(44)29-18-25-21-39-33(19-28(25)41-29)42-36(48)24-7-10-35(40-20-24)51-17-13-23-11-15-45(16-12-23)30-5-2-4-26-27(30)22-46(38(26)50)32-8-9-34(47)43-37(32)49/h2,4-5,7,10,18-21,23,31-32,41H,3,6,8-9,11-17,22H2,1H3,(H,39,42,48)(H,43,47,49)/t31-,32?/m1/s1. The van der Waals surface area contributed by atoms with E-state index in [1.807, 2.05) is 18.2 Å². The third-order valence-corrected chi connectivity index (χ3v) is 10.9. The second-order valence-corrected chi connectivity index (χ2v) is 14.1. The lowest BCUT2D eigenvalue weighted by Gasteiger charge is -2.35. The van der Waals surface area contributed by atoms with Gasteiger partial charge in [-0.3, -0.25) is 29.4 Å². The van der Waals surface area contributed by atoms with Crippen LogP contribution in [0, 0.1) is 5.92 Å². The zero-order valence-corrected chi connectivity index (χ0v) is 28.7. The van der Waals surface area contributed by atoms with Gasteiger partial charge in [0.1, 0.15) is 11.9 Å². The van der Waals surface area contributed by atoms with E-state index in [-0.39, 0.29) is 24.1 Å². The summed E-state index contributed by atoms with van der Waals surface area (Å²) >= 11 is 0. The molecule has 0 aliphatic carbocycles. The summed E-state index contributed by atoms with van der Waals surface area (Å²) in [6.07, 6.45) is 9.09. The molecule has 0 saturated carbocycles. The van der Waals surface area contributed by atoms with Gasteiger partial charge in [-0.15, -0.1) is 0 Å². The van der Waals surface area contributed by atoms with Crippen molar-refractivity contribution in [3.8, 4) is 5.88 Å². The SMILES string of the molecule is CN1CCC[C@@H]1c1cc2cnc(NC(=O)c3ccc(OCCC4CCN(c5cccc6c5CN(C5CCC(=O)NC5=O)C6=O)CC4)nc3)cc2[nH]1. The van der Waals surface area contributed by atoms with E-state index >= 15 is 0 Å². The number of pyridine rings is 2. The van der Waals surface area contributed by atoms with Gasteiger partial charge in [-0.1, -0.05) is 6.07 Å². The Balaban J connectivity index is 0.803. The van der Waals surface area contributed by atoms with Crippen molar-refractivity contribution in [3.63, 3.8) is 0 Å². The molecule has 4 aromatic rings. The van der Waals surface area contributed by atoms with E-state index in [0.717, 1.165) is 67.5 Å². The molecule has 4 aliphatic rings. The molecule has 1 unspecified atom stereocenters. The van der Waals surface area contributed by atoms with Crippen molar-refractivity contribution >= 4 is 46.0 Å². The molecular weight excluding hydrogens is 648 g/mol. The molecule has 3 saturated heterocycles. The fourth-order valence-corrected chi connectivity index (χ4v) is 8.05. The van der Waals surface area contributed by atoms with Crippen molar-refractivity contribution < 1.29 is 23.9 Å². The van der Waals surface area contributed by atoms with Gasteiger partial charge in [0.25, 0.3) is 11.8 Å². The van der Waals surface area contributed by atoms with Crippen LogP contribution in [0.4, 0.5) is 11.5 Å². The summed E-state index contributed by atoms with van der Waals surface area (Å²) in [6, 6.07) is 13.0. The molecule has 1 aromatic carbocycles. The monoisotopic (exact) mass is 690 g/mol. The number of fused-ring (bicyclic) bond motifs is 2. The maximum Gasteiger partial charge on any atom is 0.258 e. The van der Waals surface area contributed by atoms with Crippen molar-refractivity contribution in [2.24, 2.45) is 5.92 Å². The van der Waals surface area contributed by atoms with Crippen LogP contribution in [0.3, 0.4) is 0 Å². The van der Waals surface area contributed by atoms with E-state index in [1.165, 1.54) is 18.3 Å². The van der Waals surface area contributed by atoms with Gasteiger partial charge in [0.15, 0.2) is 0 Å². The summed E-state index contributed by atoms with van der Waals surface area (Å²) < 4.78 is 5.96. The van der Waals surface area contributed by atoms with Crippen LogP contribution in [0.5, 0.6) is 5.88 Å². The number of imide groups is 1. The number of aromatic amines is 1. The fraction of sp³-hybridized carbons (Fsp3) is 0.421. The van der Waals surface area contributed by atoms with Crippen LogP contribution in [0.25, 0.3) is 10.9 Å². The van der Waals surface area contributed by atoms with Gasteiger partial charge < -0.3 is 24.8 Å². The Morgan fingerprint density at radius 3 is 2.61 bits per heavy atom. The number of carbonyl (C=O) groups excluding carboxylic acids is 4. The number of likely N-dealkylation sites (tertiary alicyclic amines) is 1. The highest BCUT2D eigenvalue weighted by Crippen LogP contribution is 2.36. The highest BCUT2D eigenvalue weighted by atomic mass is 16.5. The molecule has 7 heterocycles. The average Bonchev–Trinajstić information content (AvgIpc) is 3.85. The molecule has 3 fully saturated rings. The second-order valence-electron chi connectivity index (χ2n) is 14.1. The molecular formula is C38H42N8O5. The summed E-state index contributed by atoms with van der Waals surface area (Å²) in [5.74, 6) is 0.327. The van der Waals surface area contributed by atoms with Crippen molar-refractivity contribution in [2.75, 3.05) is 43.5 Å². The van der Waals surface area contributed by atoms with E-state index in [4.69, 9.17) is 4.74 Å². The van der Waals surface area contributed by atoms with Crippen molar-refractivity contribution in [1.29, 1.82) is 0 Å². The predicted octanol–water partition coefficient (Wildman–Crippen LogP) is 4.42. The number of benzene rings is 1. The van der Waals surface area contributed by atoms with Crippen LogP contribution in [0.2, 0.25) is 0 Å². The zero-order chi connectivity index (χ0) is 35.1. The topological polar surface area (TPSA) is 153 Å². The van der Waals surface area contributed by atoms with Gasteiger partial charge in [0, 0.05) is 84.5 Å². The molecule has 0 spiro atoms. The highest BCUT2D eigenvalue weighted by Gasteiger charge is 2.40. The van der Waals surface area contributed by atoms with E-state index in [1.54, 1.807) is 23.2 Å².